The van der Waals surface area contributed by atoms with Gasteiger partial charge < -0.3 is 15.2 Å². The molecular weight excluding hydrogens is 341 g/mol. The summed E-state index contributed by atoms with van der Waals surface area (Å²) in [4.78, 5) is 23.2. The summed E-state index contributed by atoms with van der Waals surface area (Å²) in [5.41, 5.74) is 0.258. The van der Waals surface area contributed by atoms with E-state index in [1.54, 1.807) is 6.07 Å². The average Bonchev–Trinajstić information content (AvgIpc) is 2.37. The molecule has 6 nitrogen and oxygen atoms in total. The molecular formula is C13H16ClF3N2O4. The summed E-state index contributed by atoms with van der Waals surface area (Å²) in [5.74, 6) is -2.06. The maximum absolute atomic E-state index is 12.3. The molecule has 0 fully saturated rings. The van der Waals surface area contributed by atoms with Crippen LogP contribution in [0.5, 0.6) is 5.75 Å². The van der Waals surface area contributed by atoms with Crippen molar-refractivity contribution < 1.29 is 32.6 Å². The molecule has 0 aromatic heterocycles. The molecule has 10 heteroatoms. The SMILES string of the molecule is CN(CC(=O)NCC(=O)O)Cc1ccccc1OC(F)(F)F.Cl. The van der Waals surface area contributed by atoms with Crippen molar-refractivity contribution in [2.45, 2.75) is 12.9 Å². The monoisotopic (exact) mass is 356 g/mol. The van der Waals surface area contributed by atoms with Crippen LogP contribution in [0.1, 0.15) is 5.56 Å². The number of carbonyl (C=O) groups is 2. The molecule has 0 bridgehead atoms. The number of hydrogen-bond acceptors (Lipinski definition) is 4. The molecule has 0 atom stereocenters. The third kappa shape index (κ3) is 8.89. The van der Waals surface area contributed by atoms with Gasteiger partial charge in [-0.25, -0.2) is 0 Å². The van der Waals surface area contributed by atoms with Crippen molar-refractivity contribution in [3.05, 3.63) is 29.8 Å². The predicted molar refractivity (Wildman–Crippen MR) is 77.4 cm³/mol. The van der Waals surface area contributed by atoms with E-state index in [9.17, 15) is 22.8 Å². The maximum atomic E-state index is 12.3. The first kappa shape index (κ1) is 21.0. The molecule has 0 aliphatic carbocycles. The van der Waals surface area contributed by atoms with E-state index < -0.39 is 24.8 Å². The summed E-state index contributed by atoms with van der Waals surface area (Å²) in [6.45, 7) is -0.638. The molecule has 130 valence electrons. The Balaban J connectivity index is 0.00000484. The summed E-state index contributed by atoms with van der Waals surface area (Å²) in [6.07, 6.45) is -4.80. The number of ether oxygens (including phenoxy) is 1. The third-order valence-corrected chi connectivity index (χ3v) is 2.49. The quantitative estimate of drug-likeness (QED) is 0.776. The number of benzene rings is 1. The second kappa shape index (κ2) is 9.21. The van der Waals surface area contributed by atoms with Crippen molar-refractivity contribution in [3.63, 3.8) is 0 Å². The number of alkyl halides is 3. The molecule has 0 saturated carbocycles. The maximum Gasteiger partial charge on any atom is 0.573 e. The number of para-hydroxylation sites is 1. The standard InChI is InChI=1S/C13H15F3N2O4.ClH/c1-18(8-11(19)17-6-12(20)21)7-9-4-2-3-5-10(9)22-13(14,15)16;/h2-5H,6-8H2,1H3,(H,17,19)(H,20,21);1H. The van der Waals surface area contributed by atoms with E-state index in [2.05, 4.69) is 10.1 Å². The lowest BCUT2D eigenvalue weighted by atomic mass is 10.2. The van der Waals surface area contributed by atoms with Gasteiger partial charge in [0, 0.05) is 12.1 Å². The van der Waals surface area contributed by atoms with Gasteiger partial charge in [0.25, 0.3) is 0 Å². The second-order valence-electron chi connectivity index (χ2n) is 4.50. The van der Waals surface area contributed by atoms with Crippen LogP contribution in [-0.2, 0) is 16.1 Å². The van der Waals surface area contributed by atoms with Crippen molar-refractivity contribution in [1.29, 1.82) is 0 Å². The molecule has 0 unspecified atom stereocenters. The normalized spacial score (nSPS) is 10.8. The fraction of sp³-hybridized carbons (Fsp3) is 0.385. The van der Waals surface area contributed by atoms with Crippen LogP contribution >= 0.6 is 12.4 Å². The van der Waals surface area contributed by atoms with Gasteiger partial charge in [0.15, 0.2) is 0 Å². The Hall–Kier alpha value is -2.00. The van der Waals surface area contributed by atoms with Crippen molar-refractivity contribution in [1.82, 2.24) is 10.2 Å². The zero-order chi connectivity index (χ0) is 16.8. The van der Waals surface area contributed by atoms with Crippen LogP contribution in [0, 0.1) is 0 Å². The van der Waals surface area contributed by atoms with Gasteiger partial charge in [-0.2, -0.15) is 0 Å². The van der Waals surface area contributed by atoms with Gasteiger partial charge in [-0.3, -0.25) is 14.5 Å². The van der Waals surface area contributed by atoms with E-state index in [4.69, 9.17) is 5.11 Å². The van der Waals surface area contributed by atoms with E-state index in [1.807, 2.05) is 0 Å². The Labute approximate surface area is 136 Å². The summed E-state index contributed by atoms with van der Waals surface area (Å²) in [6, 6.07) is 5.59. The zero-order valence-electron chi connectivity index (χ0n) is 12.1. The molecule has 1 amide bonds. The summed E-state index contributed by atoms with van der Waals surface area (Å²) >= 11 is 0. The van der Waals surface area contributed by atoms with Gasteiger partial charge in [-0.15, -0.1) is 25.6 Å². The first-order valence-electron chi connectivity index (χ1n) is 6.18. The number of carbonyl (C=O) groups excluding carboxylic acids is 1. The molecule has 1 aromatic carbocycles. The topological polar surface area (TPSA) is 78.9 Å². The van der Waals surface area contributed by atoms with Crippen LogP contribution in [0.2, 0.25) is 0 Å². The number of nitrogens with one attached hydrogen (secondary N) is 1. The first-order chi connectivity index (χ1) is 10.2. The van der Waals surface area contributed by atoms with Crippen LogP contribution in [0.4, 0.5) is 13.2 Å². The number of likely N-dealkylation sites (N-methyl/N-ethyl adjacent to an activating group) is 1. The highest BCUT2D eigenvalue weighted by Gasteiger charge is 2.32. The molecule has 1 aromatic rings. The number of amides is 1. The van der Waals surface area contributed by atoms with Gasteiger partial charge in [-0.05, 0) is 13.1 Å². The number of aliphatic carboxylic acids is 1. The first-order valence-corrected chi connectivity index (χ1v) is 6.18. The van der Waals surface area contributed by atoms with Gasteiger partial charge in [0.05, 0.1) is 6.54 Å². The van der Waals surface area contributed by atoms with E-state index >= 15 is 0 Å². The fourth-order valence-electron chi connectivity index (χ4n) is 1.68. The van der Waals surface area contributed by atoms with E-state index in [0.29, 0.717) is 0 Å². The number of rotatable bonds is 7. The lowest BCUT2D eigenvalue weighted by molar-refractivity contribution is -0.275. The Morgan fingerprint density at radius 3 is 2.48 bits per heavy atom. The highest BCUT2D eigenvalue weighted by Crippen LogP contribution is 2.26. The Bertz CT molecular complexity index is 540. The molecule has 23 heavy (non-hydrogen) atoms. The van der Waals surface area contributed by atoms with Crippen molar-refractivity contribution in [2.75, 3.05) is 20.1 Å². The lowest BCUT2D eigenvalue weighted by Crippen LogP contribution is -2.37. The van der Waals surface area contributed by atoms with E-state index in [0.717, 1.165) is 0 Å². The summed E-state index contributed by atoms with van der Waals surface area (Å²) in [7, 11) is 1.52. The predicted octanol–water partition coefficient (Wildman–Crippen LogP) is 1.64. The zero-order valence-corrected chi connectivity index (χ0v) is 12.9. The van der Waals surface area contributed by atoms with Gasteiger partial charge in [0.1, 0.15) is 12.3 Å². The number of carboxylic acids is 1. The number of carboxylic acid groups (broad SMARTS) is 1. The summed E-state index contributed by atoms with van der Waals surface area (Å²) in [5, 5.41) is 10.6. The molecule has 2 N–H and O–H groups in total. The van der Waals surface area contributed by atoms with Gasteiger partial charge >= 0.3 is 12.3 Å². The largest absolute Gasteiger partial charge is 0.573 e. The number of nitrogens with zero attached hydrogens (tertiary/aromatic N) is 1. The number of hydrogen-bond donors (Lipinski definition) is 2. The Morgan fingerprint density at radius 2 is 1.91 bits per heavy atom. The molecule has 0 aliphatic heterocycles. The van der Waals surface area contributed by atoms with Crippen molar-refractivity contribution in [3.8, 4) is 5.75 Å². The van der Waals surface area contributed by atoms with Crippen LogP contribution in [0.3, 0.4) is 0 Å². The molecule has 0 aliphatic rings. The molecule has 1 rings (SSSR count). The smallest absolute Gasteiger partial charge is 0.480 e. The highest BCUT2D eigenvalue weighted by molar-refractivity contribution is 5.85. The fourth-order valence-corrected chi connectivity index (χ4v) is 1.68. The minimum atomic E-state index is -4.80. The number of halogens is 4. The minimum Gasteiger partial charge on any atom is -0.480 e. The van der Waals surface area contributed by atoms with Gasteiger partial charge in [0.2, 0.25) is 5.91 Å². The second-order valence-corrected chi connectivity index (χ2v) is 4.50. The highest BCUT2D eigenvalue weighted by atomic mass is 35.5. The van der Waals surface area contributed by atoms with Crippen LogP contribution < -0.4 is 10.1 Å². The summed E-state index contributed by atoms with van der Waals surface area (Å²) < 4.78 is 40.8. The average molecular weight is 357 g/mol. The van der Waals surface area contributed by atoms with Crippen LogP contribution in [0.15, 0.2) is 24.3 Å². The molecule has 0 spiro atoms. The van der Waals surface area contributed by atoms with Crippen LogP contribution in [0.25, 0.3) is 0 Å². The molecule has 0 radical (unpaired) electrons. The van der Waals surface area contributed by atoms with E-state index in [1.165, 1.54) is 30.1 Å². The Kier molecular flexibility index (Phi) is 8.41. The van der Waals surface area contributed by atoms with Crippen LogP contribution in [-0.4, -0.2) is 48.4 Å². The van der Waals surface area contributed by atoms with Crippen molar-refractivity contribution in [2.24, 2.45) is 0 Å². The lowest BCUT2D eigenvalue weighted by Gasteiger charge is -2.19. The molecule has 0 saturated heterocycles. The van der Waals surface area contributed by atoms with E-state index in [-0.39, 0.29) is 36.8 Å². The Morgan fingerprint density at radius 1 is 1.30 bits per heavy atom. The third-order valence-electron chi connectivity index (χ3n) is 2.49. The minimum absolute atomic E-state index is 0. The van der Waals surface area contributed by atoms with Gasteiger partial charge in [-0.1, -0.05) is 18.2 Å². The van der Waals surface area contributed by atoms with Crippen molar-refractivity contribution >= 4 is 24.3 Å². The molecule has 0 heterocycles.